The molecule has 1 aliphatic rings. The van der Waals surface area contributed by atoms with E-state index in [0.717, 1.165) is 27.8 Å². The number of halogens is 2. The number of rotatable bonds is 5. The first-order valence-electron chi connectivity index (χ1n) is 6.94. The predicted octanol–water partition coefficient (Wildman–Crippen LogP) is 4.37. The third-order valence-electron chi connectivity index (χ3n) is 3.68. The summed E-state index contributed by atoms with van der Waals surface area (Å²) in [6, 6.07) is 2.73. The predicted molar refractivity (Wildman–Crippen MR) is 88.2 cm³/mol. The molecule has 1 aromatic heterocycles. The molecule has 2 rings (SSSR count). The van der Waals surface area contributed by atoms with Crippen molar-refractivity contribution in [2.24, 2.45) is 5.92 Å². The summed E-state index contributed by atoms with van der Waals surface area (Å²) in [5, 5.41) is 3.50. The molecule has 0 spiro atoms. The molecule has 1 atom stereocenters. The van der Waals surface area contributed by atoms with Crippen molar-refractivity contribution in [1.29, 1.82) is 0 Å². The van der Waals surface area contributed by atoms with E-state index in [-0.39, 0.29) is 0 Å². The standard InChI is InChI=1S/C14H22BrClN2S/c1-10(2)18(8-11-4-3-5-17-7-11)9-12-6-13(15)14(16)19-12/h6,10-11,17H,3-5,7-9H2,1-2H3. The number of hydrogen-bond acceptors (Lipinski definition) is 3. The average Bonchev–Trinajstić information content (AvgIpc) is 2.69. The molecule has 1 saturated heterocycles. The second kappa shape index (κ2) is 7.41. The number of nitrogens with zero attached hydrogens (tertiary/aromatic N) is 1. The zero-order valence-corrected chi connectivity index (χ0v) is 14.7. The van der Waals surface area contributed by atoms with Gasteiger partial charge in [-0.2, -0.15) is 0 Å². The first-order chi connectivity index (χ1) is 9.06. The summed E-state index contributed by atoms with van der Waals surface area (Å²) in [4.78, 5) is 3.90. The molecule has 0 aliphatic carbocycles. The Bertz CT molecular complexity index is 383. The summed E-state index contributed by atoms with van der Waals surface area (Å²) < 4.78 is 1.88. The van der Waals surface area contributed by atoms with E-state index in [1.807, 2.05) is 0 Å². The Morgan fingerprint density at radius 2 is 2.37 bits per heavy atom. The summed E-state index contributed by atoms with van der Waals surface area (Å²) in [7, 11) is 0. The molecule has 0 saturated carbocycles. The maximum atomic E-state index is 6.13. The Hall–Kier alpha value is 0.390. The van der Waals surface area contributed by atoms with Gasteiger partial charge in [0.25, 0.3) is 0 Å². The van der Waals surface area contributed by atoms with Crippen molar-refractivity contribution in [2.45, 2.75) is 39.3 Å². The van der Waals surface area contributed by atoms with Gasteiger partial charge in [0, 0.05) is 28.5 Å². The van der Waals surface area contributed by atoms with Crippen LogP contribution in [0.1, 0.15) is 31.6 Å². The van der Waals surface area contributed by atoms with Crippen LogP contribution in [0.5, 0.6) is 0 Å². The van der Waals surface area contributed by atoms with Gasteiger partial charge in [-0.25, -0.2) is 0 Å². The topological polar surface area (TPSA) is 15.3 Å². The van der Waals surface area contributed by atoms with E-state index < -0.39 is 0 Å². The lowest BCUT2D eigenvalue weighted by atomic mass is 9.98. The van der Waals surface area contributed by atoms with Crippen LogP contribution in [-0.4, -0.2) is 30.6 Å². The van der Waals surface area contributed by atoms with Crippen LogP contribution in [0.15, 0.2) is 10.5 Å². The lowest BCUT2D eigenvalue weighted by molar-refractivity contribution is 0.165. The Kier molecular flexibility index (Phi) is 6.15. The molecule has 2 heterocycles. The van der Waals surface area contributed by atoms with Gasteiger partial charge >= 0.3 is 0 Å². The largest absolute Gasteiger partial charge is 0.316 e. The Balaban J connectivity index is 1.95. The van der Waals surface area contributed by atoms with Crippen LogP contribution in [0, 0.1) is 5.92 Å². The van der Waals surface area contributed by atoms with Crippen LogP contribution in [-0.2, 0) is 6.54 Å². The Morgan fingerprint density at radius 1 is 1.58 bits per heavy atom. The zero-order valence-electron chi connectivity index (χ0n) is 11.6. The van der Waals surface area contributed by atoms with Gasteiger partial charge in [0.05, 0.1) is 0 Å². The first-order valence-corrected chi connectivity index (χ1v) is 8.93. The molecule has 108 valence electrons. The molecule has 1 fully saturated rings. The molecule has 19 heavy (non-hydrogen) atoms. The van der Waals surface area contributed by atoms with Gasteiger partial charge in [0.15, 0.2) is 0 Å². The minimum absolute atomic E-state index is 0.571. The fourth-order valence-corrected chi connectivity index (χ4v) is 4.36. The van der Waals surface area contributed by atoms with E-state index in [9.17, 15) is 0 Å². The highest BCUT2D eigenvalue weighted by Crippen LogP contribution is 2.33. The van der Waals surface area contributed by atoms with Gasteiger partial charge in [-0.1, -0.05) is 11.6 Å². The SMILES string of the molecule is CC(C)N(Cc1cc(Br)c(Cl)s1)CC1CCCNC1. The second-order valence-electron chi connectivity index (χ2n) is 5.57. The van der Waals surface area contributed by atoms with Crippen molar-refractivity contribution in [3.63, 3.8) is 0 Å². The summed E-state index contributed by atoms with van der Waals surface area (Å²) in [5.41, 5.74) is 0. The Morgan fingerprint density at radius 3 is 2.89 bits per heavy atom. The summed E-state index contributed by atoms with van der Waals surface area (Å²) in [6.45, 7) is 9.09. The minimum Gasteiger partial charge on any atom is -0.316 e. The van der Waals surface area contributed by atoms with E-state index >= 15 is 0 Å². The average molecular weight is 366 g/mol. The van der Waals surface area contributed by atoms with Gasteiger partial charge in [-0.05, 0) is 67.7 Å². The highest BCUT2D eigenvalue weighted by molar-refractivity contribution is 9.10. The molecule has 5 heteroatoms. The molecule has 1 N–H and O–H groups in total. The fourth-order valence-electron chi connectivity index (χ4n) is 2.54. The van der Waals surface area contributed by atoms with Crippen molar-refractivity contribution in [3.8, 4) is 0 Å². The fraction of sp³-hybridized carbons (Fsp3) is 0.714. The molecule has 0 amide bonds. The zero-order chi connectivity index (χ0) is 13.8. The van der Waals surface area contributed by atoms with Gasteiger partial charge < -0.3 is 5.32 Å². The van der Waals surface area contributed by atoms with Crippen molar-refractivity contribution >= 4 is 38.9 Å². The molecule has 0 bridgehead atoms. The van der Waals surface area contributed by atoms with E-state index in [0.29, 0.717) is 6.04 Å². The molecular weight excluding hydrogens is 344 g/mol. The van der Waals surface area contributed by atoms with Crippen molar-refractivity contribution < 1.29 is 0 Å². The van der Waals surface area contributed by atoms with E-state index in [1.165, 1.54) is 30.8 Å². The molecule has 1 aromatic rings. The third-order valence-corrected chi connectivity index (χ3v) is 6.14. The summed E-state index contributed by atoms with van der Waals surface area (Å²) in [5.74, 6) is 0.787. The maximum absolute atomic E-state index is 6.13. The van der Waals surface area contributed by atoms with E-state index in [4.69, 9.17) is 11.6 Å². The molecule has 0 aromatic carbocycles. The Labute approximate surface area is 133 Å². The van der Waals surface area contributed by atoms with Gasteiger partial charge in [-0.15, -0.1) is 11.3 Å². The first kappa shape index (κ1) is 15.8. The molecule has 0 radical (unpaired) electrons. The van der Waals surface area contributed by atoms with Gasteiger partial charge in [0.1, 0.15) is 4.34 Å². The third kappa shape index (κ3) is 4.71. The number of nitrogens with one attached hydrogen (secondary N) is 1. The van der Waals surface area contributed by atoms with Crippen LogP contribution in [0.25, 0.3) is 0 Å². The number of thiophene rings is 1. The van der Waals surface area contributed by atoms with Crippen molar-refractivity contribution in [1.82, 2.24) is 10.2 Å². The van der Waals surface area contributed by atoms with Crippen LogP contribution in [0.3, 0.4) is 0 Å². The van der Waals surface area contributed by atoms with Crippen molar-refractivity contribution in [3.05, 3.63) is 19.8 Å². The second-order valence-corrected chi connectivity index (χ2v) is 8.16. The van der Waals surface area contributed by atoms with Crippen LogP contribution in [0.2, 0.25) is 4.34 Å². The van der Waals surface area contributed by atoms with Crippen molar-refractivity contribution in [2.75, 3.05) is 19.6 Å². The lowest BCUT2D eigenvalue weighted by Crippen LogP contribution is -2.40. The minimum atomic E-state index is 0.571. The van der Waals surface area contributed by atoms with Gasteiger partial charge in [0.2, 0.25) is 0 Å². The quantitative estimate of drug-likeness (QED) is 0.833. The molecule has 1 unspecified atom stereocenters. The molecule has 1 aliphatic heterocycles. The van der Waals surface area contributed by atoms with E-state index in [1.54, 1.807) is 11.3 Å². The van der Waals surface area contributed by atoms with Crippen LogP contribution in [0.4, 0.5) is 0 Å². The van der Waals surface area contributed by atoms with Crippen LogP contribution < -0.4 is 5.32 Å². The number of hydrogen-bond donors (Lipinski definition) is 1. The van der Waals surface area contributed by atoms with Gasteiger partial charge in [-0.3, -0.25) is 4.90 Å². The lowest BCUT2D eigenvalue weighted by Gasteiger charge is -2.32. The number of piperidine rings is 1. The summed E-state index contributed by atoms with van der Waals surface area (Å²) >= 11 is 11.3. The monoisotopic (exact) mass is 364 g/mol. The van der Waals surface area contributed by atoms with Crippen LogP contribution >= 0.6 is 38.9 Å². The maximum Gasteiger partial charge on any atom is 0.107 e. The summed E-state index contributed by atoms with van der Waals surface area (Å²) in [6.07, 6.45) is 2.66. The normalized spacial score (nSPS) is 20.4. The molecular formula is C14H22BrClN2S. The highest BCUT2D eigenvalue weighted by Gasteiger charge is 2.20. The van der Waals surface area contributed by atoms with E-state index in [2.05, 4.69) is 46.1 Å². The highest BCUT2D eigenvalue weighted by atomic mass is 79.9. The molecule has 2 nitrogen and oxygen atoms in total. The smallest absolute Gasteiger partial charge is 0.107 e.